The summed E-state index contributed by atoms with van der Waals surface area (Å²) in [6.07, 6.45) is 4.53. The second-order valence-corrected chi connectivity index (χ2v) is 9.19. The Morgan fingerprint density at radius 2 is 1.20 bits per heavy atom. The van der Waals surface area contributed by atoms with E-state index in [-0.39, 0.29) is 0 Å². The Morgan fingerprint density at radius 1 is 0.633 bits per heavy atom. The molecule has 0 amide bonds. The molecule has 0 N–H and O–H groups in total. The highest BCUT2D eigenvalue weighted by Gasteiger charge is 2.22. The van der Waals surface area contributed by atoms with Crippen molar-refractivity contribution in [2.45, 2.75) is 59.3 Å². The van der Waals surface area contributed by atoms with Gasteiger partial charge in [0.05, 0.1) is 0 Å². The lowest BCUT2D eigenvalue weighted by Crippen LogP contribution is -2.31. The van der Waals surface area contributed by atoms with Crippen molar-refractivity contribution in [1.82, 2.24) is 4.40 Å². The average Bonchev–Trinajstić information content (AvgIpc) is 3.17. The highest BCUT2D eigenvalue weighted by molar-refractivity contribution is 5.68. The summed E-state index contributed by atoms with van der Waals surface area (Å²) in [7, 11) is 0. The Hall–Kier alpha value is -2.87. The van der Waals surface area contributed by atoms with E-state index in [1.807, 2.05) is 0 Å². The lowest BCUT2D eigenvalue weighted by molar-refractivity contribution is -0.595. The number of hydrogen-bond acceptors (Lipinski definition) is 0. The van der Waals surface area contributed by atoms with Gasteiger partial charge in [0.1, 0.15) is 17.6 Å². The summed E-state index contributed by atoms with van der Waals surface area (Å²) in [5.74, 6) is 1.42. The molecular weight excluding hydrogens is 364 g/mol. The van der Waals surface area contributed by atoms with Gasteiger partial charge in [0.2, 0.25) is 0 Å². The number of benzene rings is 2. The third-order valence-corrected chi connectivity index (χ3v) is 6.03. The van der Waals surface area contributed by atoms with Gasteiger partial charge in [0.25, 0.3) is 6.33 Å². The summed E-state index contributed by atoms with van der Waals surface area (Å²) in [5.41, 5.74) is 9.26. The van der Waals surface area contributed by atoms with Gasteiger partial charge >= 0.3 is 0 Å². The molecule has 0 unspecified atom stereocenters. The maximum absolute atomic E-state index is 2.34. The van der Waals surface area contributed by atoms with Crippen molar-refractivity contribution < 1.29 is 4.57 Å². The van der Waals surface area contributed by atoms with Crippen LogP contribution in [0.5, 0.6) is 0 Å². The van der Waals surface area contributed by atoms with Crippen LogP contribution in [0.3, 0.4) is 0 Å². The standard InChI is InChI=1S/C28H33N2/c1-19(2)23-12-7-8-13-26(23)27-16-9-11-22-17-29(18-30(22)27)28-24(20(3)4)14-10-15-25(28)21(5)6/h7-21H,1-6H3/q+1. The van der Waals surface area contributed by atoms with Crippen molar-refractivity contribution in [3.05, 3.63) is 89.9 Å². The van der Waals surface area contributed by atoms with Gasteiger partial charge in [-0.05, 0) is 35.4 Å². The molecule has 2 heterocycles. The van der Waals surface area contributed by atoms with Gasteiger partial charge in [0, 0.05) is 16.7 Å². The molecule has 30 heavy (non-hydrogen) atoms. The van der Waals surface area contributed by atoms with Crippen molar-refractivity contribution in [3.63, 3.8) is 0 Å². The number of aromatic nitrogens is 2. The molecule has 0 aliphatic carbocycles. The van der Waals surface area contributed by atoms with E-state index < -0.39 is 0 Å². The molecule has 0 aliphatic heterocycles. The Bertz CT molecular complexity index is 1150. The van der Waals surface area contributed by atoms with Crippen LogP contribution in [0.15, 0.2) is 73.2 Å². The molecule has 0 radical (unpaired) electrons. The van der Waals surface area contributed by atoms with Gasteiger partial charge in [-0.3, -0.25) is 0 Å². The zero-order valence-electron chi connectivity index (χ0n) is 19.1. The van der Waals surface area contributed by atoms with Crippen LogP contribution < -0.4 is 4.57 Å². The predicted octanol–water partition coefficient (Wildman–Crippen LogP) is 7.25. The number of imidazole rings is 1. The number of fused-ring (bicyclic) bond motifs is 1. The van der Waals surface area contributed by atoms with E-state index in [2.05, 4.69) is 124 Å². The fourth-order valence-electron chi connectivity index (χ4n) is 4.46. The maximum Gasteiger partial charge on any atom is 0.254 e. The van der Waals surface area contributed by atoms with Crippen LogP contribution in [0.4, 0.5) is 0 Å². The van der Waals surface area contributed by atoms with Crippen molar-refractivity contribution in [2.24, 2.45) is 0 Å². The van der Waals surface area contributed by atoms with Gasteiger partial charge in [-0.25, -0.2) is 4.57 Å². The van der Waals surface area contributed by atoms with Crippen molar-refractivity contribution in [2.75, 3.05) is 0 Å². The van der Waals surface area contributed by atoms with E-state index in [1.54, 1.807) is 0 Å². The number of rotatable bonds is 5. The summed E-state index contributed by atoms with van der Waals surface area (Å²) in [5, 5.41) is 0. The van der Waals surface area contributed by atoms with Crippen LogP contribution in [-0.2, 0) is 0 Å². The topological polar surface area (TPSA) is 8.29 Å². The highest BCUT2D eigenvalue weighted by Crippen LogP contribution is 2.31. The first-order valence-corrected chi connectivity index (χ1v) is 11.1. The normalized spacial score (nSPS) is 11.9. The molecule has 154 valence electrons. The number of pyridine rings is 1. The Morgan fingerprint density at radius 3 is 1.83 bits per heavy atom. The zero-order chi connectivity index (χ0) is 21.4. The summed E-state index contributed by atoms with van der Waals surface area (Å²) >= 11 is 0. The molecule has 0 atom stereocenters. The van der Waals surface area contributed by atoms with E-state index >= 15 is 0 Å². The molecule has 4 rings (SSSR count). The highest BCUT2D eigenvalue weighted by atomic mass is 15.1. The molecule has 0 saturated heterocycles. The zero-order valence-corrected chi connectivity index (χ0v) is 19.1. The van der Waals surface area contributed by atoms with Crippen molar-refractivity contribution in [1.29, 1.82) is 0 Å². The summed E-state index contributed by atoms with van der Waals surface area (Å²) in [6.45, 7) is 13.7. The molecule has 2 aromatic heterocycles. The molecule has 2 heteroatoms. The van der Waals surface area contributed by atoms with Gasteiger partial charge in [-0.1, -0.05) is 90.1 Å². The molecule has 0 spiro atoms. The SMILES string of the molecule is CC(C)c1ccccc1-c1cccc2c[n+](-c3c(C(C)C)cccc3C(C)C)cn12. The van der Waals surface area contributed by atoms with Crippen LogP contribution >= 0.6 is 0 Å². The molecule has 4 aromatic rings. The van der Waals surface area contributed by atoms with Gasteiger partial charge in [-0.2, -0.15) is 4.40 Å². The molecule has 0 fully saturated rings. The lowest BCUT2D eigenvalue weighted by atomic mass is 9.92. The van der Waals surface area contributed by atoms with Crippen LogP contribution in [0, 0.1) is 0 Å². The minimum absolute atomic E-state index is 0.468. The predicted molar refractivity (Wildman–Crippen MR) is 127 cm³/mol. The summed E-state index contributed by atoms with van der Waals surface area (Å²) < 4.78 is 4.67. The first kappa shape index (κ1) is 20.4. The smallest absolute Gasteiger partial charge is 0.201 e. The number of nitrogens with zero attached hydrogens (tertiary/aromatic N) is 2. The first-order valence-electron chi connectivity index (χ1n) is 11.1. The van der Waals surface area contributed by atoms with E-state index in [0.717, 1.165) is 0 Å². The lowest BCUT2D eigenvalue weighted by Gasteiger charge is -2.16. The van der Waals surface area contributed by atoms with E-state index in [4.69, 9.17) is 0 Å². The monoisotopic (exact) mass is 397 g/mol. The largest absolute Gasteiger partial charge is 0.254 e. The van der Waals surface area contributed by atoms with Gasteiger partial charge in [-0.15, -0.1) is 0 Å². The van der Waals surface area contributed by atoms with Gasteiger partial charge < -0.3 is 0 Å². The van der Waals surface area contributed by atoms with Crippen molar-refractivity contribution >= 4 is 5.52 Å². The molecule has 0 aliphatic rings. The number of para-hydroxylation sites is 1. The first-order chi connectivity index (χ1) is 14.4. The van der Waals surface area contributed by atoms with E-state index in [9.17, 15) is 0 Å². The second-order valence-electron chi connectivity index (χ2n) is 9.19. The molecule has 2 aromatic carbocycles. The summed E-state index contributed by atoms with van der Waals surface area (Å²) in [6, 6.07) is 22.1. The Labute approximate surface area is 180 Å². The quantitative estimate of drug-likeness (QED) is 0.313. The molecule has 0 bridgehead atoms. The van der Waals surface area contributed by atoms with Crippen LogP contribution in [0.25, 0.3) is 22.5 Å². The van der Waals surface area contributed by atoms with Crippen LogP contribution in [0.2, 0.25) is 0 Å². The fraction of sp³-hybridized carbons (Fsp3) is 0.321. The van der Waals surface area contributed by atoms with E-state index in [1.165, 1.54) is 39.2 Å². The molecular formula is C28H33N2+. The average molecular weight is 398 g/mol. The second kappa shape index (κ2) is 8.10. The minimum atomic E-state index is 0.468. The van der Waals surface area contributed by atoms with Gasteiger partial charge in [0.15, 0.2) is 5.52 Å². The van der Waals surface area contributed by atoms with Crippen LogP contribution in [-0.4, -0.2) is 4.40 Å². The molecule has 2 nitrogen and oxygen atoms in total. The fourth-order valence-corrected chi connectivity index (χ4v) is 4.46. The third kappa shape index (κ3) is 3.56. The Kier molecular flexibility index (Phi) is 5.51. The minimum Gasteiger partial charge on any atom is -0.201 e. The maximum atomic E-state index is 2.34. The molecule has 0 saturated carbocycles. The van der Waals surface area contributed by atoms with E-state index in [0.29, 0.717) is 17.8 Å². The third-order valence-electron chi connectivity index (χ3n) is 6.03. The van der Waals surface area contributed by atoms with Crippen molar-refractivity contribution in [3.8, 4) is 16.9 Å². The number of hydrogen-bond donors (Lipinski definition) is 0. The Balaban J connectivity index is 1.98. The van der Waals surface area contributed by atoms with Crippen LogP contribution in [0.1, 0.15) is 76.0 Å². The summed E-state index contributed by atoms with van der Waals surface area (Å²) in [4.78, 5) is 0.